The van der Waals surface area contributed by atoms with Gasteiger partial charge in [-0.05, 0) is 31.0 Å². The van der Waals surface area contributed by atoms with Gasteiger partial charge in [0.15, 0.2) is 0 Å². The van der Waals surface area contributed by atoms with Crippen molar-refractivity contribution in [2.24, 2.45) is 0 Å². The SMILES string of the molecule is CC[C@@H](O)c1ccccc1Oc1cc(F)ccc1C. The lowest BCUT2D eigenvalue weighted by atomic mass is 10.1. The minimum atomic E-state index is -0.579. The van der Waals surface area contributed by atoms with Crippen LogP contribution in [-0.4, -0.2) is 5.11 Å². The van der Waals surface area contributed by atoms with E-state index in [2.05, 4.69) is 0 Å². The number of benzene rings is 2. The second kappa shape index (κ2) is 5.85. The highest BCUT2D eigenvalue weighted by molar-refractivity contribution is 5.41. The molecule has 0 aliphatic heterocycles. The molecule has 1 atom stereocenters. The molecule has 0 saturated heterocycles. The van der Waals surface area contributed by atoms with E-state index in [-0.39, 0.29) is 5.82 Å². The van der Waals surface area contributed by atoms with Gasteiger partial charge in [0, 0.05) is 11.6 Å². The van der Waals surface area contributed by atoms with Crippen molar-refractivity contribution >= 4 is 0 Å². The molecule has 0 radical (unpaired) electrons. The van der Waals surface area contributed by atoms with Crippen molar-refractivity contribution in [2.75, 3.05) is 0 Å². The second-order valence-corrected chi connectivity index (χ2v) is 4.47. The molecule has 3 heteroatoms. The predicted molar refractivity (Wildman–Crippen MR) is 72.9 cm³/mol. The van der Waals surface area contributed by atoms with E-state index in [0.717, 1.165) is 5.56 Å². The lowest BCUT2D eigenvalue weighted by Crippen LogP contribution is -1.99. The summed E-state index contributed by atoms with van der Waals surface area (Å²) in [6, 6.07) is 11.7. The predicted octanol–water partition coefficient (Wildman–Crippen LogP) is 4.37. The molecular weight excluding hydrogens is 243 g/mol. The van der Waals surface area contributed by atoms with E-state index in [1.807, 2.05) is 32.0 Å². The summed E-state index contributed by atoms with van der Waals surface area (Å²) < 4.78 is 19.0. The monoisotopic (exact) mass is 260 g/mol. The van der Waals surface area contributed by atoms with E-state index in [4.69, 9.17) is 4.74 Å². The number of aliphatic hydroxyl groups excluding tert-OH is 1. The maximum absolute atomic E-state index is 13.2. The Labute approximate surface area is 112 Å². The standard InChI is InChI=1S/C16H17FO2/c1-3-14(18)13-6-4-5-7-15(13)19-16-10-12(17)9-8-11(16)2/h4-10,14,18H,3H2,1-2H3/t14-/m1/s1. The van der Waals surface area contributed by atoms with Crippen molar-refractivity contribution in [2.45, 2.75) is 26.4 Å². The fourth-order valence-electron chi connectivity index (χ4n) is 1.87. The fraction of sp³-hybridized carbons (Fsp3) is 0.250. The second-order valence-electron chi connectivity index (χ2n) is 4.47. The van der Waals surface area contributed by atoms with Crippen molar-refractivity contribution in [3.63, 3.8) is 0 Å². The molecule has 0 fully saturated rings. The smallest absolute Gasteiger partial charge is 0.133 e. The molecule has 2 rings (SSSR count). The van der Waals surface area contributed by atoms with Gasteiger partial charge >= 0.3 is 0 Å². The van der Waals surface area contributed by atoms with Gasteiger partial charge in [0.25, 0.3) is 0 Å². The Bertz CT molecular complexity index is 566. The largest absolute Gasteiger partial charge is 0.457 e. The van der Waals surface area contributed by atoms with Crippen LogP contribution in [0.5, 0.6) is 11.5 Å². The molecule has 0 unspecified atom stereocenters. The molecule has 2 aromatic carbocycles. The Morgan fingerprint density at radius 3 is 2.63 bits per heavy atom. The van der Waals surface area contributed by atoms with Crippen LogP contribution < -0.4 is 4.74 Å². The molecule has 1 N–H and O–H groups in total. The topological polar surface area (TPSA) is 29.5 Å². The van der Waals surface area contributed by atoms with Crippen molar-refractivity contribution in [3.8, 4) is 11.5 Å². The highest BCUT2D eigenvalue weighted by Gasteiger charge is 2.12. The summed E-state index contributed by atoms with van der Waals surface area (Å²) >= 11 is 0. The number of aryl methyl sites for hydroxylation is 1. The minimum Gasteiger partial charge on any atom is -0.457 e. The van der Waals surface area contributed by atoms with Crippen LogP contribution in [0.25, 0.3) is 0 Å². The first kappa shape index (κ1) is 13.6. The van der Waals surface area contributed by atoms with E-state index < -0.39 is 6.10 Å². The van der Waals surface area contributed by atoms with Crippen LogP contribution in [0.4, 0.5) is 4.39 Å². The highest BCUT2D eigenvalue weighted by atomic mass is 19.1. The molecule has 2 nitrogen and oxygen atoms in total. The molecule has 0 bridgehead atoms. The van der Waals surface area contributed by atoms with E-state index >= 15 is 0 Å². The first-order chi connectivity index (χ1) is 9.11. The van der Waals surface area contributed by atoms with Gasteiger partial charge < -0.3 is 9.84 Å². The number of para-hydroxylation sites is 1. The van der Waals surface area contributed by atoms with Gasteiger partial charge in [0.2, 0.25) is 0 Å². The lowest BCUT2D eigenvalue weighted by Gasteiger charge is -2.15. The van der Waals surface area contributed by atoms with Crippen LogP contribution >= 0.6 is 0 Å². The Morgan fingerprint density at radius 2 is 1.89 bits per heavy atom. The first-order valence-electron chi connectivity index (χ1n) is 6.32. The van der Waals surface area contributed by atoms with E-state index in [1.165, 1.54) is 12.1 Å². The van der Waals surface area contributed by atoms with E-state index in [1.54, 1.807) is 12.1 Å². The van der Waals surface area contributed by atoms with Gasteiger partial charge in [0.05, 0.1) is 6.10 Å². The Balaban J connectivity index is 2.35. The third kappa shape index (κ3) is 3.12. The van der Waals surface area contributed by atoms with Crippen LogP contribution in [-0.2, 0) is 0 Å². The molecule has 100 valence electrons. The van der Waals surface area contributed by atoms with Crippen LogP contribution in [0.2, 0.25) is 0 Å². The zero-order chi connectivity index (χ0) is 13.8. The van der Waals surface area contributed by atoms with Crippen LogP contribution in [0.3, 0.4) is 0 Å². The van der Waals surface area contributed by atoms with Gasteiger partial charge in [-0.2, -0.15) is 0 Å². The number of aliphatic hydroxyl groups is 1. The third-order valence-electron chi connectivity index (χ3n) is 3.03. The molecule has 0 heterocycles. The minimum absolute atomic E-state index is 0.339. The Kier molecular flexibility index (Phi) is 4.17. The quantitative estimate of drug-likeness (QED) is 0.884. The molecule has 0 amide bonds. The van der Waals surface area contributed by atoms with Gasteiger partial charge in [-0.15, -0.1) is 0 Å². The number of halogens is 1. The molecular formula is C16H17FO2. The van der Waals surface area contributed by atoms with Gasteiger partial charge in [-0.1, -0.05) is 31.2 Å². The van der Waals surface area contributed by atoms with Crippen LogP contribution in [0.15, 0.2) is 42.5 Å². The van der Waals surface area contributed by atoms with Crippen LogP contribution in [0, 0.1) is 12.7 Å². The maximum atomic E-state index is 13.2. The summed E-state index contributed by atoms with van der Waals surface area (Å²) in [7, 11) is 0. The normalized spacial score (nSPS) is 12.2. The van der Waals surface area contributed by atoms with E-state index in [0.29, 0.717) is 23.5 Å². The number of hydrogen-bond acceptors (Lipinski definition) is 2. The molecule has 0 saturated carbocycles. The average Bonchev–Trinajstić information content (AvgIpc) is 2.42. The molecule has 0 spiro atoms. The molecule has 2 aromatic rings. The van der Waals surface area contributed by atoms with E-state index in [9.17, 15) is 9.50 Å². The Hall–Kier alpha value is -1.87. The zero-order valence-electron chi connectivity index (χ0n) is 11.1. The molecule has 0 aliphatic carbocycles. The number of rotatable bonds is 4. The van der Waals surface area contributed by atoms with Crippen molar-refractivity contribution in [1.29, 1.82) is 0 Å². The van der Waals surface area contributed by atoms with Crippen molar-refractivity contribution in [3.05, 3.63) is 59.4 Å². The van der Waals surface area contributed by atoms with Crippen LogP contribution in [0.1, 0.15) is 30.6 Å². The summed E-state index contributed by atoms with van der Waals surface area (Å²) in [6.07, 6.45) is 0.0211. The summed E-state index contributed by atoms with van der Waals surface area (Å²) in [5.74, 6) is 0.690. The lowest BCUT2D eigenvalue weighted by molar-refractivity contribution is 0.170. The van der Waals surface area contributed by atoms with Gasteiger partial charge in [-0.3, -0.25) is 0 Å². The van der Waals surface area contributed by atoms with Crippen molar-refractivity contribution < 1.29 is 14.2 Å². The third-order valence-corrected chi connectivity index (χ3v) is 3.03. The Morgan fingerprint density at radius 1 is 1.16 bits per heavy atom. The average molecular weight is 260 g/mol. The summed E-state index contributed by atoms with van der Waals surface area (Å²) in [5.41, 5.74) is 1.57. The first-order valence-corrected chi connectivity index (χ1v) is 6.32. The van der Waals surface area contributed by atoms with Gasteiger partial charge in [0.1, 0.15) is 17.3 Å². The summed E-state index contributed by atoms with van der Waals surface area (Å²) in [5, 5.41) is 9.96. The summed E-state index contributed by atoms with van der Waals surface area (Å²) in [6.45, 7) is 3.75. The summed E-state index contributed by atoms with van der Waals surface area (Å²) in [4.78, 5) is 0. The van der Waals surface area contributed by atoms with Crippen molar-refractivity contribution in [1.82, 2.24) is 0 Å². The zero-order valence-corrected chi connectivity index (χ0v) is 11.1. The molecule has 0 aromatic heterocycles. The van der Waals surface area contributed by atoms with Gasteiger partial charge in [-0.25, -0.2) is 4.39 Å². The molecule has 19 heavy (non-hydrogen) atoms. The molecule has 0 aliphatic rings. The number of ether oxygens (including phenoxy) is 1. The number of hydrogen-bond donors (Lipinski definition) is 1. The fourth-order valence-corrected chi connectivity index (χ4v) is 1.87. The maximum Gasteiger partial charge on any atom is 0.133 e. The highest BCUT2D eigenvalue weighted by Crippen LogP contribution is 2.32.